The van der Waals surface area contributed by atoms with Crippen LogP contribution in [0, 0.1) is 23.0 Å². The number of nitrogens with one attached hydrogen (secondary N) is 1. The molecule has 2 aromatic rings. The lowest BCUT2D eigenvalue weighted by atomic mass is 9.99. The molecule has 8 heteroatoms. The van der Waals surface area contributed by atoms with Crippen LogP contribution in [0.1, 0.15) is 42.6 Å². The van der Waals surface area contributed by atoms with Crippen LogP contribution in [0.4, 0.5) is 17.1 Å². The van der Waals surface area contributed by atoms with Crippen molar-refractivity contribution in [2.45, 2.75) is 39.7 Å². The number of hydrogen-bond acceptors (Lipinski definition) is 6. The summed E-state index contributed by atoms with van der Waals surface area (Å²) in [6, 6.07) is 11.6. The van der Waals surface area contributed by atoms with Crippen molar-refractivity contribution in [2.24, 2.45) is 5.92 Å². The molecule has 0 aromatic heterocycles. The van der Waals surface area contributed by atoms with Gasteiger partial charge in [-0.25, -0.2) is 4.79 Å². The Labute approximate surface area is 181 Å². The van der Waals surface area contributed by atoms with Gasteiger partial charge in [0.25, 0.3) is 11.6 Å². The maximum absolute atomic E-state index is 12.5. The molecule has 0 aliphatic carbocycles. The van der Waals surface area contributed by atoms with Crippen LogP contribution in [0.25, 0.3) is 0 Å². The minimum Gasteiger partial charge on any atom is -0.449 e. The zero-order valence-corrected chi connectivity index (χ0v) is 18.0. The van der Waals surface area contributed by atoms with Crippen LogP contribution in [0.5, 0.6) is 0 Å². The topological polar surface area (TPSA) is 102 Å². The summed E-state index contributed by atoms with van der Waals surface area (Å²) in [5, 5.41) is 14.3. The second-order valence-electron chi connectivity index (χ2n) is 8.06. The smallest absolute Gasteiger partial charge is 0.339 e. The molecule has 0 saturated carbocycles. The summed E-state index contributed by atoms with van der Waals surface area (Å²) in [6.07, 6.45) is 1.00. The Hall–Kier alpha value is -3.42. The van der Waals surface area contributed by atoms with Crippen LogP contribution in [0.2, 0.25) is 0 Å². The minimum absolute atomic E-state index is 0.0377. The van der Waals surface area contributed by atoms with Gasteiger partial charge in [0, 0.05) is 24.8 Å². The molecule has 164 valence electrons. The Bertz CT molecular complexity index is 991. The van der Waals surface area contributed by atoms with Crippen LogP contribution in [0.3, 0.4) is 0 Å². The fourth-order valence-electron chi connectivity index (χ4n) is 3.72. The largest absolute Gasteiger partial charge is 0.449 e. The summed E-state index contributed by atoms with van der Waals surface area (Å²) >= 11 is 0. The number of nitro groups is 1. The first kappa shape index (κ1) is 22.3. The molecule has 1 amide bonds. The summed E-state index contributed by atoms with van der Waals surface area (Å²) in [6.45, 7) is 6.96. The van der Waals surface area contributed by atoms with Crippen molar-refractivity contribution in [3.05, 3.63) is 63.7 Å². The molecule has 0 bridgehead atoms. The second-order valence-corrected chi connectivity index (χ2v) is 8.06. The van der Waals surface area contributed by atoms with Gasteiger partial charge < -0.3 is 15.0 Å². The Kier molecular flexibility index (Phi) is 6.89. The quantitative estimate of drug-likeness (QED) is 0.420. The number of esters is 1. The fourth-order valence-corrected chi connectivity index (χ4v) is 3.72. The number of hydrogen-bond donors (Lipinski definition) is 1. The maximum Gasteiger partial charge on any atom is 0.339 e. The van der Waals surface area contributed by atoms with Gasteiger partial charge in [-0.05, 0) is 62.4 Å². The van der Waals surface area contributed by atoms with E-state index >= 15 is 0 Å². The van der Waals surface area contributed by atoms with E-state index in [0.717, 1.165) is 31.5 Å². The third-order valence-corrected chi connectivity index (χ3v) is 5.34. The number of carbonyl (C=O) groups excluding carboxylic acids is 2. The Morgan fingerprint density at radius 3 is 2.71 bits per heavy atom. The van der Waals surface area contributed by atoms with E-state index in [0.29, 0.717) is 17.3 Å². The van der Waals surface area contributed by atoms with Crippen LogP contribution in [0.15, 0.2) is 42.5 Å². The Morgan fingerprint density at radius 2 is 2.03 bits per heavy atom. The lowest BCUT2D eigenvalue weighted by Gasteiger charge is -2.32. The molecule has 3 rings (SSSR count). The number of benzene rings is 2. The molecule has 1 N–H and O–H groups in total. The van der Waals surface area contributed by atoms with Crippen LogP contribution >= 0.6 is 0 Å². The number of nitrogens with zero attached hydrogens (tertiary/aromatic N) is 2. The number of amides is 1. The highest BCUT2D eigenvalue weighted by atomic mass is 16.6. The number of carbonyl (C=O) groups is 2. The molecule has 8 nitrogen and oxygen atoms in total. The number of anilines is 2. The van der Waals surface area contributed by atoms with E-state index in [9.17, 15) is 19.7 Å². The molecule has 0 radical (unpaired) electrons. The highest BCUT2D eigenvalue weighted by Crippen LogP contribution is 2.32. The average Bonchev–Trinajstić information content (AvgIpc) is 2.73. The standard InChI is InChI=1S/C23H27N3O5/c1-15-6-4-8-19(12-15)24-22(27)17(3)31-23(28)18-9-10-20(21(13-18)26(29)30)25-11-5-7-16(2)14-25/h4,6,8-10,12-13,16-17H,5,7,11,14H2,1-3H3,(H,24,27)/t16-,17+/m0/s1. The fraction of sp³-hybridized carbons (Fsp3) is 0.391. The van der Waals surface area contributed by atoms with Crippen molar-refractivity contribution >= 4 is 28.9 Å². The first-order valence-corrected chi connectivity index (χ1v) is 10.4. The first-order chi connectivity index (χ1) is 14.7. The molecular formula is C23H27N3O5. The van der Waals surface area contributed by atoms with E-state index < -0.39 is 22.9 Å². The van der Waals surface area contributed by atoms with E-state index in [1.54, 1.807) is 18.2 Å². The zero-order valence-electron chi connectivity index (χ0n) is 18.0. The van der Waals surface area contributed by atoms with Gasteiger partial charge in [-0.2, -0.15) is 0 Å². The van der Waals surface area contributed by atoms with Crippen LogP contribution < -0.4 is 10.2 Å². The lowest BCUT2D eigenvalue weighted by molar-refractivity contribution is -0.384. The van der Waals surface area contributed by atoms with Gasteiger partial charge in [-0.15, -0.1) is 0 Å². The van der Waals surface area contributed by atoms with Gasteiger partial charge in [-0.3, -0.25) is 14.9 Å². The minimum atomic E-state index is -1.06. The SMILES string of the molecule is Cc1cccc(NC(=O)[C@@H](C)OC(=O)c2ccc(N3CCC[C@H](C)C3)c([N+](=O)[O-])c2)c1. The number of aryl methyl sites for hydroxylation is 1. The normalized spacial score (nSPS) is 17.0. The van der Waals surface area contributed by atoms with Crippen molar-refractivity contribution in [2.75, 3.05) is 23.3 Å². The highest BCUT2D eigenvalue weighted by molar-refractivity contribution is 5.98. The summed E-state index contributed by atoms with van der Waals surface area (Å²) in [4.78, 5) is 38.0. The van der Waals surface area contributed by atoms with E-state index in [-0.39, 0.29) is 11.3 Å². The molecule has 2 aromatic carbocycles. The molecule has 1 aliphatic heterocycles. The first-order valence-electron chi connectivity index (χ1n) is 10.4. The summed E-state index contributed by atoms with van der Waals surface area (Å²) in [5.41, 5.74) is 1.98. The van der Waals surface area contributed by atoms with Crippen molar-refractivity contribution in [1.29, 1.82) is 0 Å². The third-order valence-electron chi connectivity index (χ3n) is 5.34. The maximum atomic E-state index is 12.5. The van der Waals surface area contributed by atoms with Gasteiger partial charge in [0.15, 0.2) is 6.10 Å². The van der Waals surface area contributed by atoms with Crippen LogP contribution in [-0.4, -0.2) is 36.0 Å². The highest BCUT2D eigenvalue weighted by Gasteiger charge is 2.26. The van der Waals surface area contributed by atoms with Crippen molar-refractivity contribution < 1.29 is 19.2 Å². The number of nitro benzene ring substituents is 1. The summed E-state index contributed by atoms with van der Waals surface area (Å²) in [7, 11) is 0. The summed E-state index contributed by atoms with van der Waals surface area (Å²) < 4.78 is 5.25. The number of rotatable bonds is 6. The molecule has 31 heavy (non-hydrogen) atoms. The van der Waals surface area contributed by atoms with E-state index in [1.165, 1.54) is 19.1 Å². The van der Waals surface area contributed by atoms with Crippen LogP contribution in [-0.2, 0) is 9.53 Å². The molecule has 0 spiro atoms. The number of ether oxygens (including phenoxy) is 1. The van der Waals surface area contributed by atoms with Gasteiger partial charge in [0.1, 0.15) is 5.69 Å². The predicted octanol–water partition coefficient (Wildman–Crippen LogP) is 4.32. The Morgan fingerprint density at radius 1 is 1.26 bits per heavy atom. The molecule has 1 aliphatic rings. The summed E-state index contributed by atoms with van der Waals surface area (Å²) in [5.74, 6) is -0.813. The molecule has 1 saturated heterocycles. The second kappa shape index (κ2) is 9.59. The number of piperidine rings is 1. The monoisotopic (exact) mass is 425 g/mol. The van der Waals surface area contributed by atoms with E-state index in [1.807, 2.05) is 24.0 Å². The zero-order chi connectivity index (χ0) is 22.5. The third kappa shape index (κ3) is 5.59. The van der Waals surface area contributed by atoms with Gasteiger partial charge in [0.05, 0.1) is 10.5 Å². The molecule has 1 heterocycles. The lowest BCUT2D eigenvalue weighted by Crippen LogP contribution is -2.34. The molecule has 0 unspecified atom stereocenters. The predicted molar refractivity (Wildman–Crippen MR) is 118 cm³/mol. The average molecular weight is 425 g/mol. The molecule has 1 fully saturated rings. The van der Waals surface area contributed by atoms with E-state index in [4.69, 9.17) is 4.74 Å². The van der Waals surface area contributed by atoms with Crippen molar-refractivity contribution in [3.8, 4) is 0 Å². The van der Waals surface area contributed by atoms with E-state index in [2.05, 4.69) is 12.2 Å². The van der Waals surface area contributed by atoms with Gasteiger partial charge in [0.2, 0.25) is 0 Å². The molecule has 2 atom stereocenters. The van der Waals surface area contributed by atoms with Gasteiger partial charge in [-0.1, -0.05) is 19.1 Å². The Balaban J connectivity index is 1.71. The molecular weight excluding hydrogens is 398 g/mol. The van der Waals surface area contributed by atoms with Crippen molar-refractivity contribution in [3.63, 3.8) is 0 Å². The van der Waals surface area contributed by atoms with Crippen molar-refractivity contribution in [1.82, 2.24) is 0 Å². The van der Waals surface area contributed by atoms with Gasteiger partial charge >= 0.3 is 5.97 Å².